The van der Waals surface area contributed by atoms with Gasteiger partial charge in [0.25, 0.3) is 0 Å². The Morgan fingerprint density at radius 1 is 0.912 bits per heavy atom. The molecular formula is C41H58N6O10. The fourth-order valence-electron chi connectivity index (χ4n) is 7.18. The van der Waals surface area contributed by atoms with Crippen LogP contribution in [0, 0.1) is 5.41 Å². The number of aromatic nitrogens is 1. The first-order valence-corrected chi connectivity index (χ1v) is 19.5. The molecule has 1 aliphatic rings. The van der Waals surface area contributed by atoms with Crippen molar-refractivity contribution >= 4 is 40.8 Å². The fraction of sp³-hybridized carbons (Fsp3) is 0.537. The molecule has 1 saturated heterocycles. The first kappa shape index (κ1) is 44.7. The van der Waals surface area contributed by atoms with E-state index in [1.165, 1.54) is 23.8 Å². The van der Waals surface area contributed by atoms with E-state index in [1.807, 2.05) is 41.5 Å². The first-order valence-electron chi connectivity index (χ1n) is 19.5. The number of rotatable bonds is 16. The Hall–Kier alpha value is -5.03. The zero-order valence-corrected chi connectivity index (χ0v) is 33.9. The van der Waals surface area contributed by atoms with E-state index in [-0.39, 0.29) is 49.7 Å². The van der Waals surface area contributed by atoms with Crippen LogP contribution in [-0.2, 0) is 37.0 Å². The molecule has 0 spiro atoms. The lowest BCUT2D eigenvalue weighted by molar-refractivity contribution is -0.497. The smallest absolute Gasteiger partial charge is 0.418 e. The standard InChI is InChI=1S/C41H58N6O10/c1-8-9-19-32(38(50)57-30-17-13-16-28(21-30)25-56-47(53)54)42-36(48)33(22-29-24-45(40(52)55-7)35-20-11-10-18-31(29)35)43-37(49)34(23-41(4,5)6)44-39(51)46-26(2)14-12-15-27(46)3/h10-11,13,16-18,20-21,24,26-27,32-34,53-54H,8-9,12,14-15,19,22-23,25H2,1-7H3,(H,42,48)(H,43,49)(H,44,51)/t26?,27?,32-,33?,34?/m1/s1. The SMILES string of the molecule is CCCC[C@@H](NC(=O)C(Cc1cn(C(=O)OC)c2ccccc12)NC(=O)C(CC(C)(C)C)NC(=O)N1C(C)CCCC1C)C(=O)Oc1cccc(CON(O)O)c1. The van der Waals surface area contributed by atoms with Crippen LogP contribution in [0.4, 0.5) is 9.59 Å². The molecule has 0 aliphatic carbocycles. The van der Waals surface area contributed by atoms with E-state index >= 15 is 0 Å². The molecule has 312 valence electrons. The molecule has 2 aromatic carbocycles. The van der Waals surface area contributed by atoms with Crippen LogP contribution in [0.25, 0.3) is 10.9 Å². The Kier molecular flexibility index (Phi) is 16.0. The van der Waals surface area contributed by atoms with Gasteiger partial charge in [-0.15, -0.1) is 0 Å². The predicted octanol–water partition coefficient (Wildman–Crippen LogP) is 5.85. The average molecular weight is 795 g/mol. The van der Waals surface area contributed by atoms with Gasteiger partial charge in [0.1, 0.15) is 23.9 Å². The highest BCUT2D eigenvalue weighted by Gasteiger charge is 2.36. The summed E-state index contributed by atoms with van der Waals surface area (Å²) in [5.74, 6) is -1.87. The van der Waals surface area contributed by atoms with Gasteiger partial charge in [0, 0.05) is 30.1 Å². The molecule has 3 aromatic rings. The Labute approximate surface area is 333 Å². The third-order valence-electron chi connectivity index (χ3n) is 9.99. The molecule has 2 heterocycles. The topological polar surface area (TPSA) is 201 Å². The minimum Gasteiger partial charge on any atom is -0.452 e. The van der Waals surface area contributed by atoms with Gasteiger partial charge >= 0.3 is 18.1 Å². The zero-order valence-electron chi connectivity index (χ0n) is 33.9. The van der Waals surface area contributed by atoms with Gasteiger partial charge in [-0.2, -0.15) is 0 Å². The van der Waals surface area contributed by atoms with Crippen LogP contribution in [0.3, 0.4) is 0 Å². The van der Waals surface area contributed by atoms with E-state index in [1.54, 1.807) is 47.5 Å². The van der Waals surface area contributed by atoms with E-state index in [9.17, 15) is 24.0 Å². The molecule has 57 heavy (non-hydrogen) atoms. The summed E-state index contributed by atoms with van der Waals surface area (Å²) in [5.41, 5.74) is 1.17. The van der Waals surface area contributed by atoms with Crippen molar-refractivity contribution in [3.8, 4) is 5.75 Å². The number of urea groups is 1. The molecule has 5 atom stereocenters. The number of fused-ring (bicyclic) bond motifs is 1. The number of unbranched alkanes of at least 4 members (excludes halogenated alkanes) is 1. The molecule has 1 aliphatic heterocycles. The summed E-state index contributed by atoms with van der Waals surface area (Å²) < 4.78 is 12.0. The number of amides is 4. The first-order chi connectivity index (χ1) is 27.0. The highest BCUT2D eigenvalue weighted by atomic mass is 17.1. The molecule has 4 amide bonds. The lowest BCUT2D eigenvalue weighted by Crippen LogP contribution is -2.60. The average Bonchev–Trinajstić information content (AvgIpc) is 3.52. The molecule has 16 heteroatoms. The van der Waals surface area contributed by atoms with Gasteiger partial charge in [0.2, 0.25) is 11.8 Å². The molecule has 1 aromatic heterocycles. The number of piperidine rings is 1. The number of nitrogens with one attached hydrogen (secondary N) is 3. The van der Waals surface area contributed by atoms with Crippen molar-refractivity contribution in [2.75, 3.05) is 7.11 Å². The Morgan fingerprint density at radius 2 is 1.58 bits per heavy atom. The summed E-state index contributed by atoms with van der Waals surface area (Å²) in [6.45, 7) is 11.6. The van der Waals surface area contributed by atoms with E-state index in [2.05, 4.69) is 20.8 Å². The maximum Gasteiger partial charge on any atom is 0.418 e. The number of carbonyl (C=O) groups is 5. The molecule has 5 N–H and O–H groups in total. The molecule has 0 bridgehead atoms. The van der Waals surface area contributed by atoms with Gasteiger partial charge in [0.15, 0.2) is 0 Å². The van der Waals surface area contributed by atoms with Crippen LogP contribution in [-0.4, -0.2) is 92.5 Å². The largest absolute Gasteiger partial charge is 0.452 e. The second kappa shape index (κ2) is 20.4. The molecule has 4 rings (SSSR count). The number of likely N-dealkylation sites (tertiary alicyclic amines) is 1. The quantitative estimate of drug-likeness (QED) is 0.0662. The molecular weight excluding hydrogens is 736 g/mol. The van der Waals surface area contributed by atoms with Gasteiger partial charge < -0.3 is 30.3 Å². The van der Waals surface area contributed by atoms with Crippen LogP contribution in [0.1, 0.15) is 97.6 Å². The molecule has 1 fully saturated rings. The van der Waals surface area contributed by atoms with Crippen LogP contribution in [0.15, 0.2) is 54.7 Å². The summed E-state index contributed by atoms with van der Waals surface area (Å²) in [4.78, 5) is 75.4. The number of hydrogen-bond donors (Lipinski definition) is 5. The number of methoxy groups -OCH3 is 1. The maximum absolute atomic E-state index is 14.4. The zero-order chi connectivity index (χ0) is 41.9. The van der Waals surface area contributed by atoms with Gasteiger partial charge in [-0.05, 0) is 80.7 Å². The summed E-state index contributed by atoms with van der Waals surface area (Å²) >= 11 is 0. The van der Waals surface area contributed by atoms with Crippen molar-refractivity contribution in [2.24, 2.45) is 5.41 Å². The maximum atomic E-state index is 14.4. The molecule has 0 saturated carbocycles. The predicted molar refractivity (Wildman–Crippen MR) is 210 cm³/mol. The van der Waals surface area contributed by atoms with Crippen molar-refractivity contribution in [1.29, 1.82) is 0 Å². The van der Waals surface area contributed by atoms with Crippen molar-refractivity contribution in [2.45, 2.75) is 130 Å². The molecule has 4 unspecified atom stereocenters. The molecule has 16 nitrogen and oxygen atoms in total. The van der Waals surface area contributed by atoms with Gasteiger partial charge in [-0.1, -0.05) is 70.9 Å². The third-order valence-corrected chi connectivity index (χ3v) is 9.99. The number of carbonyl (C=O) groups excluding carboxylic acids is 5. The normalized spacial score (nSPS) is 17.4. The van der Waals surface area contributed by atoms with Crippen LogP contribution in [0.5, 0.6) is 5.75 Å². The number of ether oxygens (including phenoxy) is 2. The highest BCUT2D eigenvalue weighted by Crippen LogP contribution is 2.26. The van der Waals surface area contributed by atoms with Crippen LogP contribution in [0.2, 0.25) is 0 Å². The summed E-state index contributed by atoms with van der Waals surface area (Å²) in [6.07, 6.45) is 5.31. The Morgan fingerprint density at radius 3 is 2.23 bits per heavy atom. The minimum absolute atomic E-state index is 0.0141. The monoisotopic (exact) mass is 794 g/mol. The van der Waals surface area contributed by atoms with Gasteiger partial charge in [0.05, 0.1) is 24.6 Å². The third kappa shape index (κ3) is 12.7. The summed E-state index contributed by atoms with van der Waals surface area (Å²) in [6, 6.07) is 9.55. The van der Waals surface area contributed by atoms with E-state index in [4.69, 9.17) is 19.9 Å². The van der Waals surface area contributed by atoms with Crippen LogP contribution >= 0.6 is 0 Å². The number of benzene rings is 2. The van der Waals surface area contributed by atoms with Crippen LogP contribution < -0.4 is 20.7 Å². The number of hydrogen-bond acceptors (Lipinski definition) is 11. The number of para-hydroxylation sites is 1. The van der Waals surface area contributed by atoms with E-state index in [0.29, 0.717) is 34.9 Å². The van der Waals surface area contributed by atoms with Gasteiger partial charge in [-0.25, -0.2) is 19.2 Å². The van der Waals surface area contributed by atoms with Crippen molar-refractivity contribution in [1.82, 2.24) is 30.8 Å². The van der Waals surface area contributed by atoms with Crippen molar-refractivity contribution in [3.63, 3.8) is 0 Å². The highest BCUT2D eigenvalue weighted by molar-refractivity contribution is 5.96. The number of nitrogens with zero attached hydrogens (tertiary/aromatic N) is 3. The summed E-state index contributed by atoms with van der Waals surface area (Å²) in [5, 5.41) is 26.7. The lowest BCUT2D eigenvalue weighted by atomic mass is 9.87. The van der Waals surface area contributed by atoms with Crippen molar-refractivity contribution < 1.29 is 48.7 Å². The Bertz CT molecular complexity index is 1850. The summed E-state index contributed by atoms with van der Waals surface area (Å²) in [7, 11) is 1.26. The minimum atomic E-state index is -1.26. The van der Waals surface area contributed by atoms with Gasteiger partial charge in [-0.3, -0.25) is 24.6 Å². The molecule has 0 radical (unpaired) electrons. The van der Waals surface area contributed by atoms with Crippen molar-refractivity contribution in [3.05, 3.63) is 65.9 Å². The Balaban J connectivity index is 1.66. The number of esters is 1. The lowest BCUT2D eigenvalue weighted by Gasteiger charge is -2.40. The second-order valence-electron chi connectivity index (χ2n) is 15.9. The fourth-order valence-corrected chi connectivity index (χ4v) is 7.18. The van der Waals surface area contributed by atoms with E-state index < -0.39 is 52.8 Å². The van der Waals surface area contributed by atoms with E-state index in [0.717, 1.165) is 19.3 Å². The second-order valence-corrected chi connectivity index (χ2v) is 15.9.